The first kappa shape index (κ1) is 19.1. The Bertz CT molecular complexity index is 394. The number of nitrogens with zero attached hydrogens (tertiary/aromatic N) is 1. The number of hydrogen-bond donors (Lipinski definition) is 1. The highest BCUT2D eigenvalue weighted by atomic mass is 32.2. The Morgan fingerprint density at radius 2 is 2.05 bits per heavy atom. The third-order valence-corrected chi connectivity index (χ3v) is 4.82. The molecule has 128 valence electrons. The van der Waals surface area contributed by atoms with Crippen molar-refractivity contribution in [2.75, 3.05) is 24.6 Å². The number of likely N-dealkylation sites (tertiary alicyclic amines) is 1. The van der Waals surface area contributed by atoms with Crippen LogP contribution in [0.4, 0.5) is 4.79 Å². The first-order chi connectivity index (χ1) is 10.2. The van der Waals surface area contributed by atoms with Crippen molar-refractivity contribution in [1.82, 2.24) is 4.90 Å². The quantitative estimate of drug-likeness (QED) is 0.753. The normalized spacial score (nSPS) is 22.5. The van der Waals surface area contributed by atoms with Gasteiger partial charge >= 0.3 is 12.1 Å². The molecule has 1 heterocycles. The Morgan fingerprint density at radius 3 is 2.59 bits per heavy atom. The minimum atomic E-state index is -0.816. The lowest BCUT2D eigenvalue weighted by Gasteiger charge is -2.40. The second-order valence-electron chi connectivity index (χ2n) is 6.89. The molecule has 0 spiro atoms. The van der Waals surface area contributed by atoms with Crippen LogP contribution in [0, 0.1) is 5.41 Å². The number of carbonyl (C=O) groups is 2. The second kappa shape index (κ2) is 8.09. The number of carboxylic acid groups (broad SMARTS) is 1. The molecule has 5 nitrogen and oxygen atoms in total. The number of amides is 1. The van der Waals surface area contributed by atoms with Gasteiger partial charge in [0.15, 0.2) is 0 Å². The van der Waals surface area contributed by atoms with E-state index in [1.165, 1.54) is 0 Å². The molecule has 0 bridgehead atoms. The SMILES string of the molecule is CCSCCCC1(C(=O)O)CCCN(C(=O)OC(C)(C)C)C1. The van der Waals surface area contributed by atoms with Crippen molar-refractivity contribution >= 4 is 23.8 Å². The van der Waals surface area contributed by atoms with Gasteiger partial charge in [0.2, 0.25) is 0 Å². The molecule has 1 N–H and O–H groups in total. The molecule has 1 amide bonds. The van der Waals surface area contributed by atoms with Crippen molar-refractivity contribution in [2.24, 2.45) is 5.41 Å². The van der Waals surface area contributed by atoms with Crippen LogP contribution in [0.3, 0.4) is 0 Å². The predicted molar refractivity (Wildman–Crippen MR) is 89.3 cm³/mol. The molecule has 0 aliphatic carbocycles. The summed E-state index contributed by atoms with van der Waals surface area (Å²) in [5, 5.41) is 9.69. The highest BCUT2D eigenvalue weighted by Crippen LogP contribution is 2.36. The molecule has 1 rings (SSSR count). The van der Waals surface area contributed by atoms with Gasteiger partial charge in [0, 0.05) is 13.1 Å². The second-order valence-corrected chi connectivity index (χ2v) is 8.29. The average Bonchev–Trinajstić information content (AvgIpc) is 2.42. The van der Waals surface area contributed by atoms with Crippen LogP contribution in [0.1, 0.15) is 53.4 Å². The Morgan fingerprint density at radius 1 is 1.36 bits per heavy atom. The van der Waals surface area contributed by atoms with E-state index in [0.717, 1.165) is 17.9 Å². The van der Waals surface area contributed by atoms with Crippen LogP contribution in [0.15, 0.2) is 0 Å². The van der Waals surface area contributed by atoms with Crippen LogP contribution in [-0.4, -0.2) is 52.3 Å². The van der Waals surface area contributed by atoms with Crippen molar-refractivity contribution in [3.05, 3.63) is 0 Å². The maximum Gasteiger partial charge on any atom is 0.410 e. The number of rotatable bonds is 6. The number of piperidine rings is 1. The van der Waals surface area contributed by atoms with Gasteiger partial charge in [0.1, 0.15) is 5.60 Å². The van der Waals surface area contributed by atoms with E-state index in [2.05, 4.69) is 6.92 Å². The smallest absolute Gasteiger partial charge is 0.410 e. The third kappa shape index (κ3) is 5.71. The van der Waals surface area contributed by atoms with E-state index >= 15 is 0 Å². The van der Waals surface area contributed by atoms with E-state index in [-0.39, 0.29) is 6.54 Å². The standard InChI is InChI=1S/C16H29NO4S/c1-5-22-11-7-9-16(13(18)19)8-6-10-17(12-16)14(20)21-15(2,3)4/h5-12H2,1-4H3,(H,18,19). The Balaban J connectivity index is 2.70. The molecule has 1 unspecified atom stereocenters. The minimum Gasteiger partial charge on any atom is -0.481 e. The fraction of sp³-hybridized carbons (Fsp3) is 0.875. The summed E-state index contributed by atoms with van der Waals surface area (Å²) < 4.78 is 5.38. The van der Waals surface area contributed by atoms with Crippen LogP contribution in [0.5, 0.6) is 0 Å². The molecular weight excluding hydrogens is 302 g/mol. The number of hydrogen-bond acceptors (Lipinski definition) is 4. The Hall–Kier alpha value is -0.910. The van der Waals surface area contributed by atoms with E-state index in [9.17, 15) is 14.7 Å². The molecule has 1 saturated heterocycles. The first-order valence-electron chi connectivity index (χ1n) is 7.99. The molecule has 0 aromatic carbocycles. The lowest BCUT2D eigenvalue weighted by Crippen LogP contribution is -2.51. The van der Waals surface area contributed by atoms with Crippen LogP contribution < -0.4 is 0 Å². The number of ether oxygens (including phenoxy) is 1. The number of carboxylic acids is 1. The zero-order chi connectivity index (χ0) is 16.8. The molecule has 0 saturated carbocycles. The van der Waals surface area contributed by atoms with Crippen LogP contribution >= 0.6 is 11.8 Å². The maximum absolute atomic E-state index is 12.2. The van der Waals surface area contributed by atoms with Gasteiger partial charge in [-0.15, -0.1) is 0 Å². The summed E-state index contributed by atoms with van der Waals surface area (Å²) in [7, 11) is 0. The molecule has 0 radical (unpaired) electrons. The molecular formula is C16H29NO4S. The van der Waals surface area contributed by atoms with Gasteiger partial charge in [0.05, 0.1) is 5.41 Å². The Labute approximate surface area is 137 Å². The fourth-order valence-electron chi connectivity index (χ4n) is 2.76. The Kier molecular flexibility index (Phi) is 7.03. The molecule has 6 heteroatoms. The lowest BCUT2D eigenvalue weighted by atomic mass is 9.76. The van der Waals surface area contributed by atoms with E-state index in [4.69, 9.17) is 4.74 Å². The first-order valence-corrected chi connectivity index (χ1v) is 9.15. The monoisotopic (exact) mass is 331 g/mol. The predicted octanol–water partition coefficient (Wildman–Crippen LogP) is 3.62. The zero-order valence-electron chi connectivity index (χ0n) is 14.2. The summed E-state index contributed by atoms with van der Waals surface area (Å²) in [5.41, 5.74) is -1.37. The van der Waals surface area contributed by atoms with Gasteiger partial charge in [-0.25, -0.2) is 4.79 Å². The van der Waals surface area contributed by atoms with Gasteiger partial charge in [-0.2, -0.15) is 11.8 Å². The zero-order valence-corrected chi connectivity index (χ0v) is 15.0. The van der Waals surface area contributed by atoms with E-state index in [1.54, 1.807) is 4.90 Å². The number of aliphatic carboxylic acids is 1. The fourth-order valence-corrected chi connectivity index (χ4v) is 3.39. The van der Waals surface area contributed by atoms with E-state index in [1.807, 2.05) is 32.5 Å². The molecule has 1 aliphatic heterocycles. The van der Waals surface area contributed by atoms with Crippen molar-refractivity contribution in [2.45, 2.75) is 59.0 Å². The summed E-state index contributed by atoms with van der Waals surface area (Å²) in [5.74, 6) is 1.23. The van der Waals surface area contributed by atoms with Gasteiger partial charge in [-0.3, -0.25) is 4.79 Å². The molecule has 1 aliphatic rings. The molecule has 22 heavy (non-hydrogen) atoms. The molecule has 0 aromatic heterocycles. The molecule has 0 aromatic rings. The van der Waals surface area contributed by atoms with Crippen LogP contribution in [-0.2, 0) is 9.53 Å². The minimum absolute atomic E-state index is 0.258. The van der Waals surface area contributed by atoms with Crippen LogP contribution in [0.25, 0.3) is 0 Å². The highest BCUT2D eigenvalue weighted by Gasteiger charge is 2.43. The summed E-state index contributed by atoms with van der Waals surface area (Å²) in [4.78, 5) is 25.6. The van der Waals surface area contributed by atoms with Gasteiger partial charge < -0.3 is 14.7 Å². The van der Waals surface area contributed by atoms with E-state index < -0.39 is 23.1 Å². The lowest BCUT2D eigenvalue weighted by molar-refractivity contribution is -0.152. The number of thioether (sulfide) groups is 1. The number of carbonyl (C=O) groups excluding carboxylic acids is 1. The van der Waals surface area contributed by atoms with Gasteiger partial charge in [-0.1, -0.05) is 6.92 Å². The largest absolute Gasteiger partial charge is 0.481 e. The van der Waals surface area contributed by atoms with Crippen molar-refractivity contribution in [1.29, 1.82) is 0 Å². The van der Waals surface area contributed by atoms with Crippen molar-refractivity contribution < 1.29 is 19.4 Å². The maximum atomic E-state index is 12.2. The average molecular weight is 331 g/mol. The van der Waals surface area contributed by atoms with Crippen molar-refractivity contribution in [3.8, 4) is 0 Å². The summed E-state index contributed by atoms with van der Waals surface area (Å²) in [6, 6.07) is 0. The van der Waals surface area contributed by atoms with Gasteiger partial charge in [0.25, 0.3) is 0 Å². The summed E-state index contributed by atoms with van der Waals surface area (Å²) >= 11 is 1.82. The molecule has 1 fully saturated rings. The highest BCUT2D eigenvalue weighted by molar-refractivity contribution is 7.99. The third-order valence-electron chi connectivity index (χ3n) is 3.83. The summed E-state index contributed by atoms with van der Waals surface area (Å²) in [6.45, 7) is 8.40. The van der Waals surface area contributed by atoms with E-state index in [0.29, 0.717) is 25.8 Å². The van der Waals surface area contributed by atoms with Crippen LogP contribution in [0.2, 0.25) is 0 Å². The molecule has 1 atom stereocenters. The topological polar surface area (TPSA) is 66.8 Å². The summed E-state index contributed by atoms with van der Waals surface area (Å²) in [6.07, 6.45) is 2.44. The van der Waals surface area contributed by atoms with Gasteiger partial charge in [-0.05, 0) is 58.0 Å². The van der Waals surface area contributed by atoms with Crippen molar-refractivity contribution in [3.63, 3.8) is 0 Å².